The topological polar surface area (TPSA) is 86.7 Å². The van der Waals surface area contributed by atoms with E-state index in [0.29, 0.717) is 12.2 Å². The van der Waals surface area contributed by atoms with Crippen LogP contribution in [-0.4, -0.2) is 32.6 Å². The lowest BCUT2D eigenvalue weighted by Crippen LogP contribution is -2.26. The molecule has 0 saturated carbocycles. The van der Waals surface area contributed by atoms with Crippen LogP contribution in [0.2, 0.25) is 10.0 Å². The van der Waals surface area contributed by atoms with Crippen LogP contribution in [0, 0.1) is 0 Å². The number of unbranched alkanes of at least 4 members (excludes halogenated alkanes) is 1. The van der Waals surface area contributed by atoms with Crippen LogP contribution in [0.25, 0.3) is 0 Å². The number of hydrogen-bond acceptors (Lipinski definition) is 4. The maximum absolute atomic E-state index is 12.6. The van der Waals surface area contributed by atoms with E-state index in [0.717, 1.165) is 19.4 Å². The predicted molar refractivity (Wildman–Crippen MR) is 113 cm³/mol. The van der Waals surface area contributed by atoms with Gasteiger partial charge in [-0.05, 0) is 49.7 Å². The van der Waals surface area contributed by atoms with Crippen molar-refractivity contribution in [3.05, 3.63) is 52.0 Å². The molecule has 0 spiro atoms. The second-order valence-corrected chi connectivity index (χ2v) is 8.65. The van der Waals surface area contributed by atoms with Crippen molar-refractivity contribution in [1.82, 2.24) is 0 Å². The molecule has 0 aliphatic heterocycles. The molecule has 0 radical (unpaired) electrons. The molecule has 2 N–H and O–H groups in total. The molecule has 0 atom stereocenters. The Morgan fingerprint density at radius 2 is 1.82 bits per heavy atom. The van der Waals surface area contributed by atoms with Crippen LogP contribution in [0.15, 0.2) is 41.3 Å². The van der Waals surface area contributed by atoms with E-state index >= 15 is 0 Å². The maximum Gasteiger partial charge on any atom is 0.337 e. The van der Waals surface area contributed by atoms with Crippen LogP contribution in [-0.2, 0) is 10.0 Å². The zero-order chi connectivity index (χ0) is 20.9. The molecule has 0 heterocycles. The lowest BCUT2D eigenvalue weighted by atomic mass is 10.1. The highest BCUT2D eigenvalue weighted by Crippen LogP contribution is 2.28. The summed E-state index contributed by atoms with van der Waals surface area (Å²) in [4.78, 5) is 13.6. The lowest BCUT2D eigenvalue weighted by molar-refractivity contribution is 0.0697. The van der Waals surface area contributed by atoms with Gasteiger partial charge in [0.25, 0.3) is 10.0 Å². The Labute approximate surface area is 175 Å². The molecule has 28 heavy (non-hydrogen) atoms. The number of aromatic carboxylic acids is 1. The number of rotatable bonds is 9. The highest BCUT2D eigenvalue weighted by Gasteiger charge is 2.19. The largest absolute Gasteiger partial charge is 0.478 e. The molecule has 0 aliphatic rings. The average molecular weight is 445 g/mol. The van der Waals surface area contributed by atoms with Gasteiger partial charge in [-0.3, -0.25) is 4.72 Å². The standard InChI is InChI=1S/C19H22Cl2N2O4S/c1-3-5-10-23(4-2)18-9-6-13(11-15(18)19(24)25)22-28(26,27)14-7-8-16(20)17(21)12-14/h6-9,11-12,22H,3-5,10H2,1-2H3,(H,24,25). The van der Waals surface area contributed by atoms with Crippen molar-refractivity contribution in [2.75, 3.05) is 22.7 Å². The third kappa shape index (κ3) is 5.31. The van der Waals surface area contributed by atoms with Crippen molar-refractivity contribution in [2.24, 2.45) is 0 Å². The Balaban J connectivity index is 2.37. The third-order valence-electron chi connectivity index (χ3n) is 4.18. The minimum absolute atomic E-state index is 0.0345. The highest BCUT2D eigenvalue weighted by molar-refractivity contribution is 7.92. The molecule has 0 unspecified atom stereocenters. The van der Waals surface area contributed by atoms with Crippen LogP contribution < -0.4 is 9.62 Å². The molecule has 0 saturated heterocycles. The van der Waals surface area contributed by atoms with Crippen molar-refractivity contribution in [2.45, 2.75) is 31.6 Å². The fraction of sp³-hybridized carbons (Fsp3) is 0.316. The van der Waals surface area contributed by atoms with Gasteiger partial charge in [-0.25, -0.2) is 13.2 Å². The number of nitrogens with one attached hydrogen (secondary N) is 1. The van der Waals surface area contributed by atoms with Crippen LogP contribution in [0.3, 0.4) is 0 Å². The minimum Gasteiger partial charge on any atom is -0.478 e. The fourth-order valence-electron chi connectivity index (χ4n) is 2.70. The Kier molecular flexibility index (Phi) is 7.57. The number of sulfonamides is 1. The minimum atomic E-state index is -3.95. The summed E-state index contributed by atoms with van der Waals surface area (Å²) in [6, 6.07) is 8.44. The smallest absolute Gasteiger partial charge is 0.337 e. The summed E-state index contributed by atoms with van der Waals surface area (Å²) in [7, 11) is -3.95. The summed E-state index contributed by atoms with van der Waals surface area (Å²) in [6.07, 6.45) is 1.92. The quantitative estimate of drug-likeness (QED) is 0.560. The highest BCUT2D eigenvalue weighted by atomic mass is 35.5. The van der Waals surface area contributed by atoms with Crippen molar-refractivity contribution >= 4 is 50.6 Å². The average Bonchev–Trinajstić information content (AvgIpc) is 2.64. The third-order valence-corrected chi connectivity index (χ3v) is 6.30. The maximum atomic E-state index is 12.6. The van der Waals surface area contributed by atoms with E-state index in [9.17, 15) is 18.3 Å². The van der Waals surface area contributed by atoms with E-state index in [2.05, 4.69) is 11.6 Å². The van der Waals surface area contributed by atoms with Crippen molar-refractivity contribution in [3.8, 4) is 0 Å². The molecule has 0 aromatic heterocycles. The van der Waals surface area contributed by atoms with E-state index in [-0.39, 0.29) is 26.2 Å². The second-order valence-electron chi connectivity index (χ2n) is 6.15. The summed E-state index contributed by atoms with van der Waals surface area (Å²) in [5.41, 5.74) is 0.743. The molecule has 0 amide bonds. The van der Waals surface area contributed by atoms with Gasteiger partial charge >= 0.3 is 5.97 Å². The van der Waals surface area contributed by atoms with Crippen molar-refractivity contribution < 1.29 is 18.3 Å². The first kappa shape index (κ1) is 22.3. The summed E-state index contributed by atoms with van der Waals surface area (Å²) >= 11 is 11.7. The Morgan fingerprint density at radius 3 is 2.39 bits per heavy atom. The number of nitrogens with zero attached hydrogens (tertiary/aromatic N) is 1. The van der Waals surface area contributed by atoms with Gasteiger partial charge in [-0.2, -0.15) is 0 Å². The first-order valence-electron chi connectivity index (χ1n) is 8.79. The molecular formula is C19H22Cl2N2O4S. The predicted octanol–water partition coefficient (Wildman–Crippen LogP) is 5.12. The number of benzene rings is 2. The number of carboxylic acids is 1. The first-order chi connectivity index (χ1) is 13.2. The summed E-state index contributed by atoms with van der Waals surface area (Å²) in [5.74, 6) is -1.12. The SMILES string of the molecule is CCCCN(CC)c1ccc(NS(=O)(=O)c2ccc(Cl)c(Cl)c2)cc1C(=O)O. The number of hydrogen-bond donors (Lipinski definition) is 2. The first-order valence-corrected chi connectivity index (χ1v) is 11.0. The van der Waals surface area contributed by atoms with Gasteiger partial charge in [0.15, 0.2) is 0 Å². The van der Waals surface area contributed by atoms with E-state index in [1.54, 1.807) is 12.1 Å². The van der Waals surface area contributed by atoms with Crippen LogP contribution >= 0.6 is 23.2 Å². The molecule has 2 rings (SSSR count). The molecule has 9 heteroatoms. The molecule has 6 nitrogen and oxygen atoms in total. The summed E-state index contributed by atoms with van der Waals surface area (Å²) in [6.45, 7) is 5.38. The van der Waals surface area contributed by atoms with Gasteiger partial charge in [0.05, 0.1) is 26.2 Å². The molecular weight excluding hydrogens is 423 g/mol. The van der Waals surface area contributed by atoms with E-state index < -0.39 is 16.0 Å². The fourth-order valence-corrected chi connectivity index (χ4v) is 4.14. The Morgan fingerprint density at radius 1 is 1.11 bits per heavy atom. The van der Waals surface area contributed by atoms with Gasteiger partial charge < -0.3 is 10.0 Å². The Hall–Kier alpha value is -1.96. The molecule has 2 aromatic rings. The molecule has 2 aromatic carbocycles. The molecule has 0 bridgehead atoms. The van der Waals surface area contributed by atoms with Gasteiger partial charge in [0, 0.05) is 18.8 Å². The lowest BCUT2D eigenvalue weighted by Gasteiger charge is -2.25. The molecule has 152 valence electrons. The number of carboxylic acid groups (broad SMARTS) is 1. The second kappa shape index (κ2) is 9.49. The van der Waals surface area contributed by atoms with Gasteiger partial charge in [-0.15, -0.1) is 0 Å². The van der Waals surface area contributed by atoms with Gasteiger partial charge in [0.2, 0.25) is 0 Å². The normalized spacial score (nSPS) is 11.3. The van der Waals surface area contributed by atoms with Crippen LogP contribution in [0.4, 0.5) is 11.4 Å². The van der Waals surface area contributed by atoms with Crippen molar-refractivity contribution in [1.29, 1.82) is 0 Å². The van der Waals surface area contributed by atoms with E-state index in [4.69, 9.17) is 23.2 Å². The number of halogens is 2. The van der Waals surface area contributed by atoms with E-state index in [1.165, 1.54) is 24.3 Å². The van der Waals surface area contributed by atoms with E-state index in [1.807, 2.05) is 11.8 Å². The van der Waals surface area contributed by atoms with Gasteiger partial charge in [-0.1, -0.05) is 36.5 Å². The number of carbonyl (C=O) groups is 1. The number of anilines is 2. The Bertz CT molecular complexity index is 964. The monoisotopic (exact) mass is 444 g/mol. The van der Waals surface area contributed by atoms with Crippen LogP contribution in [0.5, 0.6) is 0 Å². The van der Waals surface area contributed by atoms with Gasteiger partial charge in [0.1, 0.15) is 0 Å². The van der Waals surface area contributed by atoms with Crippen molar-refractivity contribution in [3.63, 3.8) is 0 Å². The summed E-state index contributed by atoms with van der Waals surface area (Å²) in [5, 5.41) is 9.96. The van der Waals surface area contributed by atoms with Crippen LogP contribution in [0.1, 0.15) is 37.0 Å². The zero-order valence-corrected chi connectivity index (χ0v) is 17.9. The molecule has 0 aliphatic carbocycles. The molecule has 0 fully saturated rings. The zero-order valence-electron chi connectivity index (χ0n) is 15.6. The summed E-state index contributed by atoms with van der Waals surface area (Å²) < 4.78 is 27.6.